The summed E-state index contributed by atoms with van der Waals surface area (Å²) in [4.78, 5) is 0. The van der Waals surface area contributed by atoms with Crippen LogP contribution in [0.4, 0.5) is 8.78 Å². The summed E-state index contributed by atoms with van der Waals surface area (Å²) in [6, 6.07) is 16.8. The summed E-state index contributed by atoms with van der Waals surface area (Å²) in [5.74, 6) is -3.16. The molecule has 19 heavy (non-hydrogen) atoms. The third kappa shape index (κ3) is 1.95. The number of rotatable bonds is 2. The van der Waals surface area contributed by atoms with Gasteiger partial charge in [0.25, 0.3) is 0 Å². The lowest BCUT2D eigenvalue weighted by Crippen LogP contribution is -2.35. The fraction of sp³-hybridized carbons (Fsp3) is 0.0667. The molecule has 0 saturated carbocycles. The van der Waals surface area contributed by atoms with Gasteiger partial charge in [0.2, 0.25) is 0 Å². The normalized spacial score (nSPS) is 16.9. The van der Waals surface area contributed by atoms with Crippen molar-refractivity contribution in [3.05, 3.63) is 71.8 Å². The average Bonchev–Trinajstić information content (AvgIpc) is 2.76. The van der Waals surface area contributed by atoms with Gasteiger partial charge in [-0.05, 0) is 0 Å². The van der Waals surface area contributed by atoms with Crippen molar-refractivity contribution in [2.75, 3.05) is 0 Å². The van der Waals surface area contributed by atoms with Crippen LogP contribution < -0.4 is 0 Å². The van der Waals surface area contributed by atoms with Gasteiger partial charge >= 0.3 is 5.92 Å². The van der Waals surface area contributed by atoms with Crippen LogP contribution in [0.5, 0.6) is 0 Å². The van der Waals surface area contributed by atoms with Crippen LogP contribution in [-0.2, 0) is 0 Å². The number of hydrogen-bond donors (Lipinski definition) is 0. The summed E-state index contributed by atoms with van der Waals surface area (Å²) in [6.45, 7) is 0. The van der Waals surface area contributed by atoms with Crippen LogP contribution in [0.25, 0.3) is 0 Å². The Kier molecular flexibility index (Phi) is 2.71. The molecular weight excluding hydrogens is 246 g/mol. The molecule has 94 valence electrons. The quantitative estimate of drug-likeness (QED) is 0.785. The zero-order chi connectivity index (χ0) is 13.3. The molecule has 0 unspecified atom stereocenters. The largest absolute Gasteiger partial charge is 0.336 e. The molecule has 0 amide bonds. The highest BCUT2D eigenvalue weighted by molar-refractivity contribution is 6.27. The maximum atomic E-state index is 14.4. The molecule has 0 atom stereocenters. The van der Waals surface area contributed by atoms with Gasteiger partial charge in [-0.1, -0.05) is 60.7 Å². The van der Waals surface area contributed by atoms with Crippen molar-refractivity contribution >= 4 is 11.4 Å². The van der Waals surface area contributed by atoms with Crippen LogP contribution in [0.15, 0.2) is 70.9 Å². The molecule has 1 aliphatic heterocycles. The smallest absolute Gasteiger partial charge is 0.192 e. The van der Waals surface area contributed by atoms with Crippen molar-refractivity contribution in [1.29, 1.82) is 0 Å². The molecule has 1 heterocycles. The molecule has 3 rings (SSSR count). The molecule has 0 spiro atoms. The number of hydrogen-bond acceptors (Lipinski definition) is 2. The zero-order valence-corrected chi connectivity index (χ0v) is 9.92. The van der Waals surface area contributed by atoms with Gasteiger partial charge in [-0.15, -0.1) is 10.2 Å². The number of alkyl halides is 2. The Bertz CT molecular complexity index is 589. The molecule has 0 N–H and O–H groups in total. The fourth-order valence-electron chi connectivity index (χ4n) is 2.01. The topological polar surface area (TPSA) is 24.7 Å². The summed E-state index contributed by atoms with van der Waals surface area (Å²) in [6.07, 6.45) is 0. The van der Waals surface area contributed by atoms with Gasteiger partial charge < -0.3 is 0 Å². The van der Waals surface area contributed by atoms with Crippen molar-refractivity contribution in [1.82, 2.24) is 0 Å². The Hall–Kier alpha value is -2.36. The van der Waals surface area contributed by atoms with Crippen molar-refractivity contribution in [2.24, 2.45) is 10.2 Å². The molecule has 0 saturated heterocycles. The average molecular weight is 256 g/mol. The van der Waals surface area contributed by atoms with Crippen LogP contribution in [-0.4, -0.2) is 17.3 Å². The predicted molar refractivity (Wildman–Crippen MR) is 70.9 cm³/mol. The highest BCUT2D eigenvalue weighted by Crippen LogP contribution is 2.31. The molecule has 1 aliphatic rings. The monoisotopic (exact) mass is 256 g/mol. The first-order chi connectivity index (χ1) is 9.19. The first-order valence-corrected chi connectivity index (χ1v) is 5.85. The van der Waals surface area contributed by atoms with E-state index in [1.807, 2.05) is 0 Å². The molecule has 4 heteroatoms. The third-order valence-electron chi connectivity index (χ3n) is 2.94. The minimum Gasteiger partial charge on any atom is -0.192 e. The van der Waals surface area contributed by atoms with Crippen molar-refractivity contribution < 1.29 is 8.78 Å². The lowest BCUT2D eigenvalue weighted by Gasteiger charge is -2.14. The van der Waals surface area contributed by atoms with Gasteiger partial charge in [-0.3, -0.25) is 0 Å². The van der Waals surface area contributed by atoms with Gasteiger partial charge in [0.1, 0.15) is 11.4 Å². The van der Waals surface area contributed by atoms with Crippen LogP contribution in [0.1, 0.15) is 11.1 Å². The molecule has 0 aromatic heterocycles. The van der Waals surface area contributed by atoms with E-state index >= 15 is 0 Å². The summed E-state index contributed by atoms with van der Waals surface area (Å²) < 4.78 is 28.8. The number of nitrogens with zero attached hydrogens (tertiary/aromatic N) is 2. The molecule has 0 fully saturated rings. The van der Waals surface area contributed by atoms with Crippen LogP contribution in [0, 0.1) is 0 Å². The molecule has 2 aromatic rings. The summed E-state index contributed by atoms with van der Waals surface area (Å²) in [5, 5.41) is 7.34. The molecule has 0 bridgehead atoms. The Morgan fingerprint density at radius 2 is 1.00 bits per heavy atom. The van der Waals surface area contributed by atoms with Crippen molar-refractivity contribution in [3.63, 3.8) is 0 Å². The Morgan fingerprint density at radius 3 is 1.37 bits per heavy atom. The Labute approximate surface area is 109 Å². The predicted octanol–water partition coefficient (Wildman–Crippen LogP) is 3.53. The maximum absolute atomic E-state index is 14.4. The van der Waals surface area contributed by atoms with Crippen molar-refractivity contribution in [2.45, 2.75) is 5.92 Å². The van der Waals surface area contributed by atoms with Gasteiger partial charge in [-0.2, -0.15) is 8.78 Å². The maximum Gasteiger partial charge on any atom is 0.336 e. The lowest BCUT2D eigenvalue weighted by molar-refractivity contribution is 0.162. The minimum atomic E-state index is -3.16. The first-order valence-electron chi connectivity index (χ1n) is 5.85. The first kappa shape index (κ1) is 11.7. The standard InChI is InChI=1S/C15H10F2N2/c16-15(17)13(11-7-3-1-4-8-11)18-19-14(15)12-9-5-2-6-10-12/h1-10H. The second-order valence-corrected chi connectivity index (χ2v) is 4.20. The van der Waals surface area contributed by atoms with Crippen LogP contribution in [0.3, 0.4) is 0 Å². The number of halogens is 2. The van der Waals surface area contributed by atoms with Gasteiger partial charge in [0.05, 0.1) is 0 Å². The van der Waals surface area contributed by atoms with E-state index in [4.69, 9.17) is 0 Å². The van der Waals surface area contributed by atoms with Gasteiger partial charge in [0.15, 0.2) is 0 Å². The highest BCUT2D eigenvalue weighted by atomic mass is 19.3. The molecule has 0 radical (unpaired) electrons. The number of benzene rings is 2. The van der Waals surface area contributed by atoms with E-state index < -0.39 is 5.92 Å². The third-order valence-corrected chi connectivity index (χ3v) is 2.94. The summed E-state index contributed by atoms with van der Waals surface area (Å²) in [5.41, 5.74) is 0.184. The highest BCUT2D eigenvalue weighted by Gasteiger charge is 2.47. The van der Waals surface area contributed by atoms with E-state index in [9.17, 15) is 8.78 Å². The second kappa shape index (κ2) is 4.39. The van der Waals surface area contributed by atoms with E-state index in [2.05, 4.69) is 10.2 Å². The Morgan fingerprint density at radius 1 is 0.632 bits per heavy atom. The lowest BCUT2D eigenvalue weighted by atomic mass is 9.97. The summed E-state index contributed by atoms with van der Waals surface area (Å²) in [7, 11) is 0. The van der Waals surface area contributed by atoms with E-state index in [1.54, 1.807) is 60.7 Å². The second-order valence-electron chi connectivity index (χ2n) is 4.20. The fourth-order valence-corrected chi connectivity index (χ4v) is 2.01. The SMILES string of the molecule is FC1(F)C(c2ccccc2)=NN=C1c1ccccc1. The van der Waals surface area contributed by atoms with E-state index in [0.717, 1.165) is 0 Å². The van der Waals surface area contributed by atoms with Gasteiger partial charge in [-0.25, -0.2) is 0 Å². The molecule has 0 aliphatic carbocycles. The zero-order valence-electron chi connectivity index (χ0n) is 9.92. The van der Waals surface area contributed by atoms with E-state index in [-0.39, 0.29) is 11.4 Å². The van der Waals surface area contributed by atoms with Crippen molar-refractivity contribution in [3.8, 4) is 0 Å². The van der Waals surface area contributed by atoms with Gasteiger partial charge in [0, 0.05) is 11.1 Å². The molecular formula is C15H10F2N2. The minimum absolute atomic E-state index is 0.299. The summed E-state index contributed by atoms with van der Waals surface area (Å²) >= 11 is 0. The van der Waals surface area contributed by atoms with Crippen LogP contribution >= 0.6 is 0 Å². The molecule has 2 aromatic carbocycles. The van der Waals surface area contributed by atoms with Crippen LogP contribution in [0.2, 0.25) is 0 Å². The van der Waals surface area contributed by atoms with E-state index in [0.29, 0.717) is 11.1 Å². The molecule has 2 nitrogen and oxygen atoms in total. The Balaban J connectivity index is 1.99. The van der Waals surface area contributed by atoms with E-state index in [1.165, 1.54) is 0 Å².